The average molecular weight is 615 g/mol. The predicted octanol–water partition coefficient (Wildman–Crippen LogP) is -1.42. The highest BCUT2D eigenvalue weighted by atomic mass is 32.2. The van der Waals surface area contributed by atoms with Gasteiger partial charge in [-0.3, -0.25) is 23.7 Å². The van der Waals surface area contributed by atoms with Crippen molar-refractivity contribution in [3.63, 3.8) is 0 Å². The molecule has 20 heteroatoms. The summed E-state index contributed by atoms with van der Waals surface area (Å²) in [5.74, 6) is -6.82. The zero-order valence-corrected chi connectivity index (χ0v) is 22.3. The van der Waals surface area contributed by atoms with Crippen molar-refractivity contribution in [2.75, 3.05) is 12.3 Å². The van der Waals surface area contributed by atoms with Crippen LogP contribution in [0.25, 0.3) is 0 Å². The molecule has 2 atom stereocenters. The Labute approximate surface area is 233 Å². The molecule has 0 aromatic carbocycles. The third-order valence-electron chi connectivity index (χ3n) is 6.56. The van der Waals surface area contributed by atoms with E-state index in [1.165, 1.54) is 5.38 Å². The quantitative estimate of drug-likeness (QED) is 0.0557. The Kier molecular flexibility index (Phi) is 7.74. The van der Waals surface area contributed by atoms with Crippen LogP contribution in [-0.4, -0.2) is 89.9 Å². The van der Waals surface area contributed by atoms with E-state index in [0.717, 1.165) is 11.3 Å². The number of carboxylic acid groups (broad SMARTS) is 1. The number of thiazole rings is 1. The van der Waals surface area contributed by atoms with E-state index >= 15 is 0 Å². The third-order valence-corrected chi connectivity index (χ3v) is 8.18. The number of amides is 2. The van der Waals surface area contributed by atoms with Crippen LogP contribution in [0.1, 0.15) is 41.9 Å². The molecule has 1 aliphatic heterocycles. The monoisotopic (exact) mass is 614 g/mol. The summed E-state index contributed by atoms with van der Waals surface area (Å²) in [5.41, 5.74) is 1.74. The van der Waals surface area contributed by atoms with E-state index in [1.54, 1.807) is 0 Å². The highest BCUT2D eigenvalue weighted by molar-refractivity contribution is 7.84. The van der Waals surface area contributed by atoms with Gasteiger partial charge in [-0.25, -0.2) is 14.1 Å². The molecule has 0 spiro atoms. The summed E-state index contributed by atoms with van der Waals surface area (Å²) >= 11 is 0.932. The number of β-lactam (4-membered cyclic amide) rings is 1. The number of carbonyl (C=O) groups is 4. The Bertz CT molecular complexity index is 1630. The Balaban J connectivity index is 1.56. The number of oxime groups is 1. The van der Waals surface area contributed by atoms with Crippen molar-refractivity contribution in [3.8, 4) is 5.75 Å². The van der Waals surface area contributed by atoms with E-state index in [1.807, 2.05) is 0 Å². The summed E-state index contributed by atoms with van der Waals surface area (Å²) in [6.07, 6.45) is 0.612. The van der Waals surface area contributed by atoms with E-state index in [2.05, 4.69) is 15.5 Å². The second kappa shape index (κ2) is 10.8. The summed E-state index contributed by atoms with van der Waals surface area (Å²) in [5, 5.41) is 35.9. The second-order valence-corrected chi connectivity index (χ2v) is 11.3. The number of nitrogen functional groups attached to an aromatic ring is 1. The molecule has 2 aromatic heterocycles. The molecule has 2 aliphatic rings. The minimum absolute atomic E-state index is 0.0338. The lowest BCUT2D eigenvalue weighted by atomic mass is 9.80. The lowest BCUT2D eigenvalue weighted by Crippen LogP contribution is -2.66. The fourth-order valence-electron chi connectivity index (χ4n) is 4.19. The highest BCUT2D eigenvalue weighted by Crippen LogP contribution is 2.37. The van der Waals surface area contributed by atoms with Gasteiger partial charge in [0.15, 0.2) is 22.4 Å². The molecule has 4 rings (SSSR count). The van der Waals surface area contributed by atoms with Crippen LogP contribution in [0.5, 0.6) is 5.75 Å². The summed E-state index contributed by atoms with van der Waals surface area (Å²) in [7, 11) is -5.13. The molecule has 18 nitrogen and oxygen atoms in total. The summed E-state index contributed by atoms with van der Waals surface area (Å²) in [4.78, 5) is 70.9. The molecule has 2 fully saturated rings. The van der Waals surface area contributed by atoms with Crippen molar-refractivity contribution >= 4 is 56.1 Å². The molecule has 1 saturated carbocycles. The third kappa shape index (κ3) is 5.69. The van der Waals surface area contributed by atoms with Crippen LogP contribution in [0.3, 0.4) is 0 Å². The molecule has 0 bridgehead atoms. The molecule has 2 aromatic rings. The number of aliphatic carboxylic acids is 1. The van der Waals surface area contributed by atoms with Crippen LogP contribution in [-0.2, 0) is 29.5 Å². The number of anilines is 1. The van der Waals surface area contributed by atoms with Crippen LogP contribution in [0.2, 0.25) is 0 Å². The maximum absolute atomic E-state index is 13.3. The van der Waals surface area contributed by atoms with Gasteiger partial charge in [-0.2, -0.15) is 13.1 Å². The largest absolute Gasteiger partial charge is 0.503 e. The van der Waals surface area contributed by atoms with Gasteiger partial charge < -0.3 is 31.3 Å². The second-order valence-electron chi connectivity index (χ2n) is 9.13. The van der Waals surface area contributed by atoms with Crippen molar-refractivity contribution in [1.29, 1.82) is 0 Å². The first kappa shape index (κ1) is 29.4. The molecule has 3 heterocycles. The fourth-order valence-corrected chi connectivity index (χ4v) is 5.66. The number of nitrogens with one attached hydrogen (secondary N) is 1. The number of rotatable bonds is 11. The minimum atomic E-state index is -5.13. The van der Waals surface area contributed by atoms with E-state index in [-0.39, 0.29) is 32.7 Å². The summed E-state index contributed by atoms with van der Waals surface area (Å²) in [6, 6.07) is -0.909. The van der Waals surface area contributed by atoms with Gasteiger partial charge in [0.25, 0.3) is 5.91 Å². The summed E-state index contributed by atoms with van der Waals surface area (Å²) < 4.78 is 33.3. The van der Waals surface area contributed by atoms with Gasteiger partial charge in [0.1, 0.15) is 11.4 Å². The fraction of sp³-hybridized carbons (Fsp3) is 0.381. The van der Waals surface area contributed by atoms with Gasteiger partial charge in [-0.15, -0.1) is 11.3 Å². The topological polar surface area (TPSA) is 281 Å². The average Bonchev–Trinajstić information content (AvgIpc) is 3.28. The van der Waals surface area contributed by atoms with E-state index in [0.29, 0.717) is 18.7 Å². The molecule has 41 heavy (non-hydrogen) atoms. The van der Waals surface area contributed by atoms with Crippen molar-refractivity contribution in [2.24, 2.45) is 11.1 Å². The Morgan fingerprint density at radius 3 is 2.51 bits per heavy atom. The highest BCUT2D eigenvalue weighted by Gasteiger charge is 2.54. The molecule has 0 unspecified atom stereocenters. The van der Waals surface area contributed by atoms with Gasteiger partial charge in [0, 0.05) is 37.3 Å². The number of hydrogen-bond donors (Lipinski definition) is 6. The zero-order valence-electron chi connectivity index (χ0n) is 20.7. The smallest absolute Gasteiger partial charge is 0.362 e. The molecular weight excluding hydrogens is 592 g/mol. The van der Waals surface area contributed by atoms with Gasteiger partial charge in [0.2, 0.25) is 16.9 Å². The number of pyridine rings is 1. The molecule has 0 radical (unpaired) electrons. The van der Waals surface area contributed by atoms with Gasteiger partial charge in [0.05, 0.1) is 18.2 Å². The van der Waals surface area contributed by atoms with E-state index in [9.17, 15) is 52.4 Å². The first-order valence-corrected chi connectivity index (χ1v) is 13.9. The van der Waals surface area contributed by atoms with Crippen LogP contribution in [0.15, 0.2) is 27.6 Å². The predicted molar refractivity (Wildman–Crippen MR) is 136 cm³/mol. The lowest BCUT2D eigenvalue weighted by molar-refractivity contribution is -0.178. The van der Waals surface area contributed by atoms with Crippen molar-refractivity contribution < 1.29 is 52.4 Å². The van der Waals surface area contributed by atoms with Gasteiger partial charge in [-0.1, -0.05) is 5.16 Å². The Morgan fingerprint density at radius 1 is 1.29 bits per heavy atom. The normalized spacial score (nSPS) is 20.1. The number of carboxylic acids is 1. The maximum Gasteiger partial charge on any atom is 0.362 e. The number of nitrogens with two attached hydrogens (primary N) is 1. The molecule has 220 valence electrons. The number of aromatic hydroxyl groups is 1. The zero-order chi connectivity index (χ0) is 30.3. The molecule has 7 N–H and O–H groups in total. The molecule has 2 amide bonds. The maximum atomic E-state index is 13.3. The number of aromatic nitrogens is 2. The van der Waals surface area contributed by atoms with Crippen LogP contribution in [0.4, 0.5) is 5.13 Å². The van der Waals surface area contributed by atoms with Crippen molar-refractivity contribution in [2.45, 2.75) is 37.3 Å². The van der Waals surface area contributed by atoms with Crippen molar-refractivity contribution in [1.82, 2.24) is 19.3 Å². The number of hydrogen-bond acceptors (Lipinski definition) is 14. The Morgan fingerprint density at radius 2 is 1.98 bits per heavy atom. The van der Waals surface area contributed by atoms with E-state index < -0.39 is 87.0 Å². The van der Waals surface area contributed by atoms with Gasteiger partial charge in [-0.05, 0) is 6.42 Å². The molecular formula is C21H22N6O12S2. The molecule has 1 saturated heterocycles. The Hall–Kier alpha value is -4.56. The van der Waals surface area contributed by atoms with Crippen molar-refractivity contribution in [3.05, 3.63) is 39.3 Å². The standard InChI is InChI=1S/C21H22N6O12S2/c22-20-24-10(8-40-20)16(25-39-21(19(33)34)2-1-3-21)14(29)4-9-12(27(18(9)32)41(36,37)38)6-23-17(31)11-5-13(28)15(30)7-26(11)35/h5,7-9,12,30,35H,1-4,6H2,(H2,22,24)(H,23,31)(H,33,34)(H,36,37,38)/b25-16-/t9-,12+/m0/s1. The van der Waals surface area contributed by atoms with Crippen LogP contribution >= 0.6 is 11.3 Å². The number of Topliss-reactive ketones (excluding diaryl/α,β-unsaturated/α-hetero) is 1. The first-order valence-electron chi connectivity index (χ1n) is 11.6. The number of carbonyl (C=O) groups excluding carboxylic acids is 3. The van der Waals surface area contributed by atoms with Gasteiger partial charge >= 0.3 is 16.3 Å². The number of nitrogens with zero attached hydrogens (tertiary/aromatic N) is 4. The SMILES string of the molecule is Nc1nc(/C(=N/OC2(C(=O)O)CCC2)C(=O)C[C@@H]2C(=O)N(S(=O)(=O)O)[C@@H]2CNC(=O)c2cc(=O)c(O)cn2O)cs1. The summed E-state index contributed by atoms with van der Waals surface area (Å²) in [6.45, 7) is -0.674. The first-order chi connectivity index (χ1) is 19.1. The number of ketones is 1. The lowest BCUT2D eigenvalue weighted by Gasteiger charge is -2.44. The molecule has 1 aliphatic carbocycles. The van der Waals surface area contributed by atoms with E-state index in [4.69, 9.17) is 10.6 Å². The minimum Gasteiger partial charge on any atom is -0.503 e. The van der Waals surface area contributed by atoms with Crippen LogP contribution in [0, 0.1) is 5.92 Å². The van der Waals surface area contributed by atoms with Crippen LogP contribution < -0.4 is 16.5 Å².